The van der Waals surface area contributed by atoms with Crippen molar-refractivity contribution in [3.8, 4) is 11.5 Å². The summed E-state index contributed by atoms with van der Waals surface area (Å²) in [6.45, 7) is 10.7. The van der Waals surface area contributed by atoms with Crippen molar-refractivity contribution in [2.45, 2.75) is 39.5 Å². The van der Waals surface area contributed by atoms with Crippen LogP contribution in [0.5, 0.6) is 0 Å². The van der Waals surface area contributed by atoms with Crippen LogP contribution in [-0.4, -0.2) is 21.3 Å². The standard InChI is InChI=1S/C16H26NO3PSi/c1-6-19-21(18,20-7-2)17-16(13-14-22(3,4)5)15-11-9-8-10-12-15/h8-12,16H,6-7H2,1-5H3,(H,17,18)/t16-/m1/s1. The van der Waals surface area contributed by atoms with Crippen molar-refractivity contribution in [1.29, 1.82) is 0 Å². The molecule has 0 fully saturated rings. The van der Waals surface area contributed by atoms with Crippen molar-refractivity contribution < 1.29 is 13.6 Å². The van der Waals surface area contributed by atoms with Crippen molar-refractivity contribution in [2.75, 3.05) is 13.2 Å². The molecule has 0 unspecified atom stereocenters. The van der Waals surface area contributed by atoms with Gasteiger partial charge in [-0.1, -0.05) is 55.9 Å². The minimum atomic E-state index is -3.36. The van der Waals surface area contributed by atoms with E-state index in [0.29, 0.717) is 13.2 Å². The molecule has 122 valence electrons. The summed E-state index contributed by atoms with van der Waals surface area (Å²) in [4.78, 5) is 0. The highest BCUT2D eigenvalue weighted by atomic mass is 31.2. The molecule has 1 aromatic rings. The lowest BCUT2D eigenvalue weighted by Crippen LogP contribution is -2.22. The summed E-state index contributed by atoms with van der Waals surface area (Å²) >= 11 is 0. The van der Waals surface area contributed by atoms with Gasteiger partial charge in [-0.3, -0.25) is 9.05 Å². The normalized spacial score (nSPS) is 13.3. The molecule has 0 radical (unpaired) electrons. The second kappa shape index (κ2) is 8.66. The molecule has 1 atom stereocenters. The highest BCUT2D eigenvalue weighted by Crippen LogP contribution is 2.45. The van der Waals surface area contributed by atoms with E-state index in [1.165, 1.54) is 0 Å². The van der Waals surface area contributed by atoms with Crippen molar-refractivity contribution >= 4 is 15.8 Å². The number of hydrogen-bond donors (Lipinski definition) is 1. The van der Waals surface area contributed by atoms with E-state index in [1.807, 2.05) is 30.3 Å². The van der Waals surface area contributed by atoms with Gasteiger partial charge in [0.2, 0.25) is 0 Å². The monoisotopic (exact) mass is 339 g/mol. The summed E-state index contributed by atoms with van der Waals surface area (Å²) in [5, 5.41) is 2.98. The van der Waals surface area contributed by atoms with Gasteiger partial charge in [0.15, 0.2) is 0 Å². The Kier molecular flexibility index (Phi) is 7.54. The lowest BCUT2D eigenvalue weighted by Gasteiger charge is -2.22. The molecule has 0 amide bonds. The smallest absolute Gasteiger partial charge is 0.297 e. The third kappa shape index (κ3) is 6.91. The topological polar surface area (TPSA) is 47.6 Å². The molecule has 1 N–H and O–H groups in total. The Morgan fingerprint density at radius 2 is 1.68 bits per heavy atom. The number of rotatable bonds is 7. The van der Waals surface area contributed by atoms with Gasteiger partial charge in [0, 0.05) is 0 Å². The zero-order valence-corrected chi connectivity index (χ0v) is 15.9. The van der Waals surface area contributed by atoms with E-state index in [-0.39, 0.29) is 6.04 Å². The summed E-state index contributed by atoms with van der Waals surface area (Å²) in [5.41, 5.74) is 4.27. The Labute approximate surface area is 135 Å². The van der Waals surface area contributed by atoms with E-state index in [2.05, 4.69) is 36.2 Å². The number of nitrogens with one attached hydrogen (secondary N) is 1. The highest BCUT2D eigenvalue weighted by Gasteiger charge is 2.27. The zero-order chi connectivity index (χ0) is 16.6. The summed E-state index contributed by atoms with van der Waals surface area (Å²) < 4.78 is 23.3. The van der Waals surface area contributed by atoms with Gasteiger partial charge in [-0.25, -0.2) is 9.65 Å². The Hall–Kier alpha value is -0.893. The molecular formula is C16H26NO3PSi. The van der Waals surface area contributed by atoms with Crippen LogP contribution in [0.4, 0.5) is 0 Å². The molecule has 1 aromatic carbocycles. The quantitative estimate of drug-likeness (QED) is 0.455. The highest BCUT2D eigenvalue weighted by molar-refractivity contribution is 7.51. The molecule has 0 saturated carbocycles. The Bertz CT molecular complexity index is 550. The molecule has 6 heteroatoms. The van der Waals surface area contributed by atoms with E-state index in [9.17, 15) is 4.57 Å². The Morgan fingerprint density at radius 1 is 1.14 bits per heavy atom. The van der Waals surface area contributed by atoms with Crippen LogP contribution in [0, 0.1) is 11.5 Å². The number of benzene rings is 1. The maximum Gasteiger partial charge on any atom is 0.406 e. The average Bonchev–Trinajstić information content (AvgIpc) is 2.44. The third-order valence-electron chi connectivity index (χ3n) is 2.61. The first-order valence-electron chi connectivity index (χ1n) is 7.54. The van der Waals surface area contributed by atoms with Crippen LogP contribution >= 0.6 is 7.75 Å². The molecule has 4 nitrogen and oxygen atoms in total. The fourth-order valence-corrected chi connectivity index (χ4v) is 3.74. The fourth-order valence-electron chi connectivity index (χ4n) is 1.73. The van der Waals surface area contributed by atoms with Crippen LogP contribution in [0.25, 0.3) is 0 Å². The van der Waals surface area contributed by atoms with E-state index in [1.54, 1.807) is 13.8 Å². The van der Waals surface area contributed by atoms with E-state index >= 15 is 0 Å². The lowest BCUT2D eigenvalue weighted by atomic mass is 10.1. The van der Waals surface area contributed by atoms with Gasteiger partial charge in [-0.05, 0) is 19.4 Å². The van der Waals surface area contributed by atoms with E-state index in [0.717, 1.165) is 5.56 Å². The van der Waals surface area contributed by atoms with Crippen molar-refractivity contribution in [3.63, 3.8) is 0 Å². The first-order chi connectivity index (χ1) is 10.3. The third-order valence-corrected chi connectivity index (χ3v) is 5.27. The molecule has 0 heterocycles. The molecule has 0 saturated heterocycles. The van der Waals surface area contributed by atoms with Crippen molar-refractivity contribution in [2.24, 2.45) is 0 Å². The van der Waals surface area contributed by atoms with Crippen molar-refractivity contribution in [3.05, 3.63) is 35.9 Å². The molecule has 0 aliphatic heterocycles. The predicted octanol–water partition coefficient (Wildman–Crippen LogP) is 4.38. The minimum absolute atomic E-state index is 0.313. The van der Waals surface area contributed by atoms with Gasteiger partial charge in [0.1, 0.15) is 14.1 Å². The summed E-state index contributed by atoms with van der Waals surface area (Å²) in [6.07, 6.45) is 0. The SMILES string of the molecule is CCOP(=O)(N[C@H](C#C[Si](C)(C)C)c1ccccc1)OCC. The lowest BCUT2D eigenvalue weighted by molar-refractivity contribution is 0.209. The summed E-state index contributed by atoms with van der Waals surface area (Å²) in [5.74, 6) is 3.22. The predicted molar refractivity (Wildman–Crippen MR) is 94.3 cm³/mol. The van der Waals surface area contributed by atoms with Crippen LogP contribution in [0.15, 0.2) is 30.3 Å². The molecular weight excluding hydrogens is 313 g/mol. The maximum absolute atomic E-state index is 12.7. The molecule has 0 aliphatic carbocycles. The fraction of sp³-hybridized carbons (Fsp3) is 0.500. The first kappa shape index (κ1) is 19.2. The minimum Gasteiger partial charge on any atom is -0.297 e. The largest absolute Gasteiger partial charge is 0.406 e. The summed E-state index contributed by atoms with van der Waals surface area (Å²) in [6, 6.07) is 9.35. The van der Waals surface area contributed by atoms with Gasteiger partial charge in [-0.2, -0.15) is 0 Å². The van der Waals surface area contributed by atoms with E-state index < -0.39 is 15.8 Å². The molecule has 0 aliphatic rings. The second-order valence-corrected chi connectivity index (χ2v) is 12.3. The number of hydrogen-bond acceptors (Lipinski definition) is 3. The zero-order valence-electron chi connectivity index (χ0n) is 14.1. The van der Waals surface area contributed by atoms with Crippen LogP contribution in [-0.2, 0) is 13.6 Å². The van der Waals surface area contributed by atoms with E-state index in [4.69, 9.17) is 9.05 Å². The van der Waals surface area contributed by atoms with Gasteiger partial charge in [-0.15, -0.1) is 5.54 Å². The summed E-state index contributed by atoms with van der Waals surface area (Å²) in [7, 11) is -4.90. The van der Waals surface area contributed by atoms with Crippen LogP contribution in [0.1, 0.15) is 25.5 Å². The average molecular weight is 339 g/mol. The van der Waals surface area contributed by atoms with Crippen LogP contribution in [0.2, 0.25) is 19.6 Å². The van der Waals surface area contributed by atoms with Crippen molar-refractivity contribution in [1.82, 2.24) is 5.09 Å². The Balaban J connectivity index is 3.09. The molecule has 0 aromatic heterocycles. The first-order valence-corrected chi connectivity index (χ1v) is 12.6. The van der Waals surface area contributed by atoms with Gasteiger partial charge in [0.05, 0.1) is 13.2 Å². The maximum atomic E-state index is 12.7. The van der Waals surface area contributed by atoms with Crippen LogP contribution in [0.3, 0.4) is 0 Å². The van der Waals surface area contributed by atoms with Gasteiger partial charge < -0.3 is 0 Å². The molecule has 0 spiro atoms. The molecule has 1 rings (SSSR count). The molecule has 22 heavy (non-hydrogen) atoms. The van der Waals surface area contributed by atoms with Gasteiger partial charge >= 0.3 is 7.75 Å². The van der Waals surface area contributed by atoms with Gasteiger partial charge in [0.25, 0.3) is 0 Å². The Morgan fingerprint density at radius 3 is 2.14 bits per heavy atom. The second-order valence-electron chi connectivity index (χ2n) is 5.83. The molecule has 0 bridgehead atoms. The van der Waals surface area contributed by atoms with Crippen LogP contribution < -0.4 is 5.09 Å².